The number of nitro benzene ring substituents is 1. The first kappa shape index (κ1) is 12.0. The van der Waals surface area contributed by atoms with Crippen molar-refractivity contribution in [2.75, 3.05) is 5.73 Å². The van der Waals surface area contributed by atoms with Crippen molar-refractivity contribution in [3.63, 3.8) is 0 Å². The second kappa shape index (κ2) is 4.40. The largest absolute Gasteiger partial charge is 0.399 e. The number of hydrogen-bond donors (Lipinski definition) is 1. The number of nitrogens with zero attached hydrogens (tertiary/aromatic N) is 1. The Morgan fingerprint density at radius 2 is 1.67 bits per heavy atom. The van der Waals surface area contributed by atoms with Crippen LogP contribution in [0.1, 0.15) is 0 Å². The molecule has 2 N–H and O–H groups in total. The maximum absolute atomic E-state index is 13.9. The highest BCUT2D eigenvalue weighted by molar-refractivity contribution is 5.68. The SMILES string of the molecule is Nc1ccc(-c2ccc(F)c([N+](=O)[O-])c2F)cc1. The minimum Gasteiger partial charge on any atom is -0.399 e. The lowest BCUT2D eigenvalue weighted by Crippen LogP contribution is -1.98. The van der Waals surface area contributed by atoms with Gasteiger partial charge in [0.15, 0.2) is 0 Å². The summed E-state index contributed by atoms with van der Waals surface area (Å²) in [5.41, 5.74) is 5.17. The molecule has 2 aromatic carbocycles. The van der Waals surface area contributed by atoms with Crippen molar-refractivity contribution in [1.82, 2.24) is 0 Å². The van der Waals surface area contributed by atoms with E-state index in [-0.39, 0.29) is 5.56 Å². The number of nitrogen functional groups attached to an aromatic ring is 1. The molecule has 0 saturated carbocycles. The molecule has 0 amide bonds. The van der Waals surface area contributed by atoms with Crippen LogP contribution in [0.25, 0.3) is 11.1 Å². The molecule has 92 valence electrons. The molecular formula is C12H8F2N2O2. The topological polar surface area (TPSA) is 69.2 Å². The number of rotatable bonds is 2. The normalized spacial score (nSPS) is 10.3. The molecule has 0 heterocycles. The molecule has 0 fully saturated rings. The molecule has 0 aliphatic rings. The molecule has 6 heteroatoms. The predicted molar refractivity (Wildman–Crippen MR) is 62.9 cm³/mol. The van der Waals surface area contributed by atoms with E-state index in [1.165, 1.54) is 24.3 Å². The summed E-state index contributed by atoms with van der Waals surface area (Å²) in [7, 11) is 0. The third-order valence-corrected chi connectivity index (χ3v) is 2.47. The molecule has 2 aromatic rings. The Labute approximate surface area is 101 Å². The van der Waals surface area contributed by atoms with Crippen LogP contribution in [0.4, 0.5) is 20.2 Å². The summed E-state index contributed by atoms with van der Waals surface area (Å²) < 4.78 is 27.0. The number of nitrogens with two attached hydrogens (primary N) is 1. The second-order valence-electron chi connectivity index (χ2n) is 3.64. The Bertz CT molecular complexity index is 612. The lowest BCUT2D eigenvalue weighted by Gasteiger charge is -2.05. The maximum Gasteiger partial charge on any atom is 0.340 e. The zero-order valence-corrected chi connectivity index (χ0v) is 9.06. The standard InChI is InChI=1S/C12H8F2N2O2/c13-10-6-5-9(11(14)12(10)16(17)18)7-1-3-8(15)4-2-7/h1-6H,15H2. The smallest absolute Gasteiger partial charge is 0.340 e. The van der Waals surface area contributed by atoms with E-state index in [4.69, 9.17) is 5.73 Å². The summed E-state index contributed by atoms with van der Waals surface area (Å²) >= 11 is 0. The van der Waals surface area contributed by atoms with E-state index < -0.39 is 22.2 Å². The minimum atomic E-state index is -1.20. The van der Waals surface area contributed by atoms with Crippen molar-refractivity contribution in [3.05, 3.63) is 58.1 Å². The number of anilines is 1. The van der Waals surface area contributed by atoms with Crippen molar-refractivity contribution >= 4 is 11.4 Å². The highest BCUT2D eigenvalue weighted by Crippen LogP contribution is 2.31. The van der Waals surface area contributed by atoms with Crippen molar-refractivity contribution in [3.8, 4) is 11.1 Å². The van der Waals surface area contributed by atoms with E-state index in [9.17, 15) is 18.9 Å². The molecule has 18 heavy (non-hydrogen) atoms. The molecule has 2 rings (SSSR count). The molecule has 0 radical (unpaired) electrons. The first-order chi connectivity index (χ1) is 8.50. The molecule has 0 aliphatic heterocycles. The van der Waals surface area contributed by atoms with Gasteiger partial charge < -0.3 is 5.73 Å². The van der Waals surface area contributed by atoms with Gasteiger partial charge in [0.25, 0.3) is 0 Å². The van der Waals surface area contributed by atoms with Gasteiger partial charge >= 0.3 is 5.69 Å². The monoisotopic (exact) mass is 250 g/mol. The molecule has 0 aliphatic carbocycles. The Morgan fingerprint density at radius 1 is 1.06 bits per heavy atom. The third-order valence-electron chi connectivity index (χ3n) is 2.47. The highest BCUT2D eigenvalue weighted by Gasteiger charge is 2.24. The van der Waals surface area contributed by atoms with Gasteiger partial charge in [-0.15, -0.1) is 0 Å². The lowest BCUT2D eigenvalue weighted by atomic mass is 10.0. The quantitative estimate of drug-likeness (QED) is 0.505. The first-order valence-corrected chi connectivity index (χ1v) is 4.99. The van der Waals surface area contributed by atoms with Crippen LogP contribution >= 0.6 is 0 Å². The van der Waals surface area contributed by atoms with Crippen LogP contribution < -0.4 is 5.73 Å². The predicted octanol–water partition coefficient (Wildman–Crippen LogP) is 3.12. The third kappa shape index (κ3) is 2.00. The summed E-state index contributed by atoms with van der Waals surface area (Å²) in [5, 5.41) is 10.6. The highest BCUT2D eigenvalue weighted by atomic mass is 19.1. The Kier molecular flexibility index (Phi) is 2.93. The van der Waals surface area contributed by atoms with Gasteiger partial charge in [-0.2, -0.15) is 8.78 Å². The van der Waals surface area contributed by atoms with Crippen molar-refractivity contribution in [2.45, 2.75) is 0 Å². The van der Waals surface area contributed by atoms with Crippen molar-refractivity contribution < 1.29 is 13.7 Å². The Morgan fingerprint density at radius 3 is 2.22 bits per heavy atom. The van der Waals surface area contributed by atoms with E-state index in [1.807, 2.05) is 0 Å². The van der Waals surface area contributed by atoms with E-state index in [0.717, 1.165) is 12.1 Å². The van der Waals surface area contributed by atoms with Gasteiger partial charge in [-0.1, -0.05) is 12.1 Å². The van der Waals surface area contributed by atoms with Crippen LogP contribution in [-0.4, -0.2) is 4.92 Å². The van der Waals surface area contributed by atoms with Crippen LogP contribution in [0.3, 0.4) is 0 Å². The molecule has 0 spiro atoms. The molecule has 0 bridgehead atoms. The van der Waals surface area contributed by atoms with Crippen LogP contribution in [0.15, 0.2) is 36.4 Å². The lowest BCUT2D eigenvalue weighted by molar-refractivity contribution is -0.390. The number of halogens is 2. The first-order valence-electron chi connectivity index (χ1n) is 4.99. The minimum absolute atomic E-state index is 0.0388. The van der Waals surface area contributed by atoms with Crippen molar-refractivity contribution in [2.24, 2.45) is 0 Å². The summed E-state index contributed by atoms with van der Waals surface area (Å²) in [4.78, 5) is 9.51. The van der Waals surface area contributed by atoms with Gasteiger partial charge in [0.1, 0.15) is 0 Å². The Balaban J connectivity index is 2.62. The summed E-state index contributed by atoms with van der Waals surface area (Å²) in [6, 6.07) is 8.11. The van der Waals surface area contributed by atoms with Gasteiger partial charge in [-0.3, -0.25) is 10.1 Å². The van der Waals surface area contributed by atoms with E-state index >= 15 is 0 Å². The zero-order chi connectivity index (χ0) is 13.3. The number of hydrogen-bond acceptors (Lipinski definition) is 3. The fourth-order valence-electron chi connectivity index (χ4n) is 1.59. The fourth-order valence-corrected chi connectivity index (χ4v) is 1.59. The van der Waals surface area contributed by atoms with Gasteiger partial charge in [0, 0.05) is 11.3 Å². The van der Waals surface area contributed by atoms with Gasteiger partial charge in [-0.25, -0.2) is 0 Å². The Hall–Kier alpha value is -2.50. The second-order valence-corrected chi connectivity index (χ2v) is 3.64. The molecule has 0 unspecified atom stereocenters. The van der Waals surface area contributed by atoms with Gasteiger partial charge in [0.05, 0.1) is 4.92 Å². The van der Waals surface area contributed by atoms with Crippen LogP contribution in [0.5, 0.6) is 0 Å². The van der Waals surface area contributed by atoms with Gasteiger partial charge in [0.2, 0.25) is 11.6 Å². The summed E-state index contributed by atoms with van der Waals surface area (Å²) in [5.74, 6) is -2.39. The zero-order valence-electron chi connectivity index (χ0n) is 9.06. The molecule has 4 nitrogen and oxygen atoms in total. The van der Waals surface area contributed by atoms with E-state index in [1.54, 1.807) is 0 Å². The van der Waals surface area contributed by atoms with E-state index in [0.29, 0.717) is 11.3 Å². The summed E-state index contributed by atoms with van der Waals surface area (Å²) in [6.07, 6.45) is 0. The average molecular weight is 250 g/mol. The maximum atomic E-state index is 13.9. The molecule has 0 saturated heterocycles. The van der Waals surface area contributed by atoms with Gasteiger partial charge in [-0.05, 0) is 29.8 Å². The molecule has 0 aromatic heterocycles. The van der Waals surface area contributed by atoms with Crippen molar-refractivity contribution in [1.29, 1.82) is 0 Å². The number of benzene rings is 2. The molecular weight excluding hydrogens is 242 g/mol. The van der Waals surface area contributed by atoms with E-state index in [2.05, 4.69) is 0 Å². The van der Waals surface area contributed by atoms with Crippen LogP contribution in [-0.2, 0) is 0 Å². The summed E-state index contributed by atoms with van der Waals surface area (Å²) in [6.45, 7) is 0. The fraction of sp³-hybridized carbons (Fsp3) is 0. The number of nitro groups is 1. The van der Waals surface area contributed by atoms with Crippen LogP contribution in [0.2, 0.25) is 0 Å². The average Bonchev–Trinajstić information content (AvgIpc) is 2.30. The van der Waals surface area contributed by atoms with Crippen LogP contribution in [0, 0.1) is 21.7 Å². The molecule has 0 atom stereocenters.